The second-order valence-electron chi connectivity index (χ2n) is 11.6. The molecule has 4 atom stereocenters. The Morgan fingerprint density at radius 2 is 1.83 bits per heavy atom. The summed E-state index contributed by atoms with van der Waals surface area (Å²) in [5, 5.41) is 3.31. The van der Waals surface area contributed by atoms with E-state index in [0.717, 1.165) is 42.9 Å². The number of hydrogen-bond acceptors (Lipinski definition) is 5. The summed E-state index contributed by atoms with van der Waals surface area (Å²) in [7, 11) is -3.41. The summed E-state index contributed by atoms with van der Waals surface area (Å²) in [5.41, 5.74) is 2.62. The Morgan fingerprint density at radius 1 is 1.10 bits per heavy atom. The Hall–Kier alpha value is -2.95. The van der Waals surface area contributed by atoms with Gasteiger partial charge in [0, 0.05) is 44.0 Å². The summed E-state index contributed by atoms with van der Waals surface area (Å²) < 4.78 is 56.6. The van der Waals surface area contributed by atoms with Gasteiger partial charge >= 0.3 is 0 Å². The normalized spacial score (nSPS) is 25.1. The summed E-state index contributed by atoms with van der Waals surface area (Å²) in [4.78, 5) is 20.8. The minimum atomic E-state index is -3.41. The van der Waals surface area contributed by atoms with Gasteiger partial charge < -0.3 is 10.2 Å². The van der Waals surface area contributed by atoms with Crippen molar-refractivity contribution in [1.82, 2.24) is 14.9 Å². The smallest absolute Gasteiger partial charge is 0.273 e. The lowest BCUT2D eigenvalue weighted by molar-refractivity contribution is -0.130. The van der Waals surface area contributed by atoms with Crippen LogP contribution in [0.25, 0.3) is 5.57 Å². The Labute approximate surface area is 247 Å². The minimum Gasteiger partial charge on any atom is -0.331 e. The number of amides is 1. The number of piperazine rings is 1. The Bertz CT molecular complexity index is 1410. The van der Waals surface area contributed by atoms with Crippen LogP contribution in [-0.2, 0) is 21.2 Å². The number of nitrogens with one attached hydrogen (secondary N) is 2. The zero-order valence-electron chi connectivity index (χ0n) is 24.1. The van der Waals surface area contributed by atoms with Gasteiger partial charge in [-0.2, -0.15) is 0 Å². The van der Waals surface area contributed by atoms with Crippen molar-refractivity contribution in [1.29, 1.82) is 0 Å². The van der Waals surface area contributed by atoms with Crippen LogP contribution < -0.4 is 10.0 Å². The van der Waals surface area contributed by atoms with Crippen molar-refractivity contribution in [3.8, 4) is 0 Å². The zero-order valence-corrected chi connectivity index (χ0v) is 24.9. The van der Waals surface area contributed by atoms with E-state index in [2.05, 4.69) is 10.0 Å². The van der Waals surface area contributed by atoms with Gasteiger partial charge in [0.25, 0.3) is 5.91 Å². The lowest BCUT2D eigenvalue weighted by Crippen LogP contribution is -2.55. The number of aliphatic imine (C=N–C) groups is 1. The predicted octanol–water partition coefficient (Wildman–Crippen LogP) is 4.70. The van der Waals surface area contributed by atoms with Crippen LogP contribution in [-0.4, -0.2) is 62.9 Å². The third-order valence-corrected chi connectivity index (χ3v) is 10.2. The summed E-state index contributed by atoms with van der Waals surface area (Å²) >= 11 is 0. The quantitative estimate of drug-likeness (QED) is 0.438. The van der Waals surface area contributed by atoms with Gasteiger partial charge in [0.2, 0.25) is 10.0 Å². The fraction of sp³-hybridized carbons (Fsp3) is 0.500. The number of nitrogens with zero attached hydrogens (tertiary/aromatic N) is 2. The fourth-order valence-electron chi connectivity index (χ4n) is 6.84. The molecule has 1 amide bonds. The molecule has 1 saturated carbocycles. The molecule has 0 aromatic heterocycles. The number of rotatable bonds is 9. The molecule has 10 heteroatoms. The van der Waals surface area contributed by atoms with Gasteiger partial charge in [-0.1, -0.05) is 50.1 Å². The Kier molecular flexibility index (Phi) is 9.85. The first-order valence-electron chi connectivity index (χ1n) is 15.0. The van der Waals surface area contributed by atoms with Gasteiger partial charge in [-0.25, -0.2) is 21.9 Å². The van der Waals surface area contributed by atoms with Gasteiger partial charge in [0.05, 0.1) is 5.75 Å². The molecule has 0 spiro atoms. The first-order valence-corrected chi connectivity index (χ1v) is 16.7. The van der Waals surface area contributed by atoms with Crippen LogP contribution in [0.15, 0.2) is 59.2 Å². The molecule has 226 valence electrons. The Balaban J connectivity index is 1.51. The summed E-state index contributed by atoms with van der Waals surface area (Å²) in [6.07, 6.45) is 6.84. The van der Waals surface area contributed by atoms with E-state index in [0.29, 0.717) is 50.2 Å². The van der Waals surface area contributed by atoms with Gasteiger partial charge in [-0.3, -0.25) is 9.79 Å². The predicted molar refractivity (Wildman–Crippen MR) is 161 cm³/mol. The molecule has 2 N–H and O–H groups in total. The molecule has 2 unspecified atom stereocenters. The average Bonchev–Trinajstić information content (AvgIpc) is 2.97. The van der Waals surface area contributed by atoms with Crippen LogP contribution in [0.2, 0.25) is 0 Å². The van der Waals surface area contributed by atoms with Crippen molar-refractivity contribution in [3.63, 3.8) is 0 Å². The van der Waals surface area contributed by atoms with E-state index in [9.17, 15) is 22.0 Å². The molecular formula is C32H40F2N4O3S. The average molecular weight is 599 g/mol. The maximum absolute atomic E-state index is 14.4. The summed E-state index contributed by atoms with van der Waals surface area (Å²) in [5.74, 6) is -1.47. The van der Waals surface area contributed by atoms with E-state index in [-0.39, 0.29) is 35.6 Å². The van der Waals surface area contributed by atoms with Crippen LogP contribution in [0.3, 0.4) is 0 Å². The molecule has 42 heavy (non-hydrogen) atoms. The second-order valence-corrected chi connectivity index (χ2v) is 13.5. The number of benzene rings is 2. The molecule has 2 aromatic rings. The van der Waals surface area contributed by atoms with E-state index in [1.54, 1.807) is 11.1 Å². The van der Waals surface area contributed by atoms with Crippen LogP contribution in [0.1, 0.15) is 56.6 Å². The van der Waals surface area contributed by atoms with Crippen LogP contribution in [0.4, 0.5) is 8.78 Å². The highest BCUT2D eigenvalue weighted by molar-refractivity contribution is 7.89. The second kappa shape index (κ2) is 13.6. The maximum atomic E-state index is 14.4. The lowest BCUT2D eigenvalue weighted by atomic mass is 9.70. The SMILES string of the molecule is CCCS(=O)(=O)N[C@H]1CCCC[C@@H]1C1CC=NC(C(=O)N2CCNCC2Cc2cc(F)cc(F)c2)=C1c1ccccc1. The molecule has 2 aromatic carbocycles. The summed E-state index contributed by atoms with van der Waals surface area (Å²) in [6, 6.07) is 12.7. The molecule has 1 saturated heterocycles. The van der Waals surface area contributed by atoms with Crippen molar-refractivity contribution in [2.24, 2.45) is 16.8 Å². The van der Waals surface area contributed by atoms with E-state index in [4.69, 9.17) is 4.99 Å². The summed E-state index contributed by atoms with van der Waals surface area (Å²) in [6.45, 7) is 3.40. The molecule has 2 aliphatic heterocycles. The van der Waals surface area contributed by atoms with Crippen molar-refractivity contribution in [3.05, 3.63) is 77.0 Å². The van der Waals surface area contributed by atoms with Gasteiger partial charge in [-0.15, -0.1) is 0 Å². The van der Waals surface area contributed by atoms with E-state index in [1.165, 1.54) is 12.1 Å². The first kappa shape index (κ1) is 30.5. The number of carbonyl (C=O) groups is 1. The molecule has 1 aliphatic carbocycles. The van der Waals surface area contributed by atoms with E-state index < -0.39 is 21.7 Å². The first-order chi connectivity index (χ1) is 20.3. The molecule has 0 radical (unpaired) electrons. The number of carbonyl (C=O) groups excluding carboxylic acids is 1. The molecule has 0 bridgehead atoms. The van der Waals surface area contributed by atoms with Crippen molar-refractivity contribution in [2.45, 2.75) is 64.0 Å². The van der Waals surface area contributed by atoms with Crippen molar-refractivity contribution in [2.75, 3.05) is 25.4 Å². The molecule has 5 rings (SSSR count). The number of sulfonamides is 1. The van der Waals surface area contributed by atoms with Gasteiger partial charge in [0.1, 0.15) is 17.3 Å². The van der Waals surface area contributed by atoms with Crippen LogP contribution in [0.5, 0.6) is 0 Å². The van der Waals surface area contributed by atoms with E-state index in [1.807, 2.05) is 37.3 Å². The van der Waals surface area contributed by atoms with Crippen LogP contribution >= 0.6 is 0 Å². The van der Waals surface area contributed by atoms with Crippen molar-refractivity contribution >= 4 is 27.7 Å². The van der Waals surface area contributed by atoms with Gasteiger partial charge in [-0.05, 0) is 72.8 Å². The topological polar surface area (TPSA) is 90.9 Å². The zero-order chi connectivity index (χ0) is 29.7. The van der Waals surface area contributed by atoms with Crippen molar-refractivity contribution < 1.29 is 22.0 Å². The van der Waals surface area contributed by atoms with Crippen LogP contribution in [0, 0.1) is 23.5 Å². The Morgan fingerprint density at radius 3 is 2.57 bits per heavy atom. The number of hydrogen-bond donors (Lipinski definition) is 2. The molecular weight excluding hydrogens is 558 g/mol. The monoisotopic (exact) mass is 598 g/mol. The maximum Gasteiger partial charge on any atom is 0.273 e. The fourth-order valence-corrected chi connectivity index (χ4v) is 8.25. The molecule has 3 aliphatic rings. The van der Waals surface area contributed by atoms with Gasteiger partial charge in [0.15, 0.2) is 0 Å². The minimum absolute atomic E-state index is 0.0178. The van der Waals surface area contributed by atoms with E-state index >= 15 is 0 Å². The highest BCUT2D eigenvalue weighted by Gasteiger charge is 2.40. The third kappa shape index (κ3) is 7.15. The number of allylic oxidation sites excluding steroid dienone is 1. The lowest BCUT2D eigenvalue weighted by Gasteiger charge is -2.41. The highest BCUT2D eigenvalue weighted by atomic mass is 32.2. The highest BCUT2D eigenvalue weighted by Crippen LogP contribution is 2.43. The largest absolute Gasteiger partial charge is 0.331 e. The third-order valence-electron chi connectivity index (χ3n) is 8.64. The standard InChI is InChI=1S/C32H40F2N4O3S/c1-2-16-42(40,41)37-29-11-7-6-10-27(29)28-12-13-36-31(30(28)23-8-4-3-5-9-23)32(39)38-15-14-35-21-26(38)19-22-17-24(33)20-25(34)18-22/h3-5,8-9,13,17-18,20,26-29,35,37H,2,6-7,10-12,14-16,19,21H2,1H3/t26?,27-,28?,29+/m1/s1. The molecule has 2 fully saturated rings. The molecule has 2 heterocycles. The molecule has 7 nitrogen and oxygen atoms in total. The number of halogens is 2.